The maximum atomic E-state index is 12.5. The van der Waals surface area contributed by atoms with Crippen molar-refractivity contribution in [2.24, 2.45) is 23.5 Å². The molecule has 0 aromatic rings. The van der Waals surface area contributed by atoms with Crippen LogP contribution in [-0.2, 0) is 19.1 Å². The number of nitrogens with two attached hydrogens (primary N) is 1. The summed E-state index contributed by atoms with van der Waals surface area (Å²) in [5.74, 6) is -0.626. The Morgan fingerprint density at radius 3 is 2.27 bits per heavy atom. The van der Waals surface area contributed by atoms with Gasteiger partial charge in [-0.15, -0.1) is 12.4 Å². The number of carbonyl (C=O) groups excluding carboxylic acids is 3. The zero-order valence-electron chi connectivity index (χ0n) is 15.7. The Hall–Kier alpha value is -1.18. The van der Waals surface area contributed by atoms with E-state index < -0.39 is 0 Å². The van der Waals surface area contributed by atoms with Crippen molar-refractivity contribution in [1.82, 2.24) is 9.80 Å². The van der Waals surface area contributed by atoms with E-state index in [0.717, 1.165) is 19.3 Å². The summed E-state index contributed by atoms with van der Waals surface area (Å²) < 4.78 is 5.71. The van der Waals surface area contributed by atoms with Crippen LogP contribution in [0.25, 0.3) is 0 Å². The van der Waals surface area contributed by atoms with Gasteiger partial charge in [0.25, 0.3) is 0 Å². The second-order valence-electron chi connectivity index (χ2n) is 7.93. The third kappa shape index (κ3) is 3.75. The number of hydrogen-bond acceptors (Lipinski definition) is 5. The second kappa shape index (κ2) is 8.23. The van der Waals surface area contributed by atoms with Crippen LogP contribution in [-0.4, -0.2) is 65.9 Å². The number of likely N-dealkylation sites (tertiary alicyclic amines) is 1. The van der Waals surface area contributed by atoms with Crippen LogP contribution >= 0.6 is 12.4 Å². The predicted molar refractivity (Wildman–Crippen MR) is 98.5 cm³/mol. The van der Waals surface area contributed by atoms with Crippen molar-refractivity contribution in [3.8, 4) is 0 Å². The van der Waals surface area contributed by atoms with E-state index in [4.69, 9.17) is 10.5 Å². The number of halogens is 1. The van der Waals surface area contributed by atoms with Gasteiger partial charge >= 0.3 is 0 Å². The highest BCUT2D eigenvalue weighted by Crippen LogP contribution is 2.48. The summed E-state index contributed by atoms with van der Waals surface area (Å²) in [7, 11) is 1.74. The second-order valence-corrected chi connectivity index (χ2v) is 7.93. The summed E-state index contributed by atoms with van der Waals surface area (Å²) >= 11 is 0. The molecular formula is C18H30ClN3O4. The van der Waals surface area contributed by atoms with Gasteiger partial charge in [-0.2, -0.15) is 0 Å². The van der Waals surface area contributed by atoms with Gasteiger partial charge in [-0.25, -0.2) is 0 Å². The summed E-state index contributed by atoms with van der Waals surface area (Å²) in [5, 5.41) is 0. The molecule has 3 rings (SSSR count). The lowest BCUT2D eigenvalue weighted by Crippen LogP contribution is -2.39. The lowest BCUT2D eigenvalue weighted by Gasteiger charge is -2.23. The molecule has 0 aliphatic carbocycles. The third-order valence-corrected chi connectivity index (χ3v) is 6.00. The van der Waals surface area contributed by atoms with Crippen molar-refractivity contribution in [3.05, 3.63) is 0 Å². The predicted octanol–water partition coefficient (Wildman–Crippen LogP) is 0.793. The molecule has 3 aliphatic rings. The Labute approximate surface area is 161 Å². The van der Waals surface area contributed by atoms with Gasteiger partial charge < -0.3 is 15.4 Å². The fraction of sp³-hybridized carbons (Fsp3) is 0.833. The highest BCUT2D eigenvalue weighted by Gasteiger charge is 2.62. The molecule has 3 fully saturated rings. The van der Waals surface area contributed by atoms with E-state index in [1.807, 2.05) is 0 Å². The molecule has 0 saturated carbocycles. The van der Waals surface area contributed by atoms with Crippen molar-refractivity contribution in [3.63, 3.8) is 0 Å². The molecular weight excluding hydrogens is 358 g/mol. The van der Waals surface area contributed by atoms with Crippen LogP contribution in [0, 0.1) is 17.8 Å². The lowest BCUT2D eigenvalue weighted by molar-refractivity contribution is -0.143. The van der Waals surface area contributed by atoms with Gasteiger partial charge in [-0.05, 0) is 25.2 Å². The highest BCUT2D eigenvalue weighted by atomic mass is 35.5. The Morgan fingerprint density at radius 2 is 1.77 bits per heavy atom. The molecule has 5 unspecified atom stereocenters. The normalized spacial score (nSPS) is 30.6. The fourth-order valence-electron chi connectivity index (χ4n) is 4.19. The van der Waals surface area contributed by atoms with Crippen molar-refractivity contribution < 1.29 is 19.1 Å². The number of carbonyl (C=O) groups is 3. The average molecular weight is 388 g/mol. The molecule has 0 aromatic heterocycles. The van der Waals surface area contributed by atoms with Gasteiger partial charge in [0.05, 0.1) is 24.0 Å². The highest BCUT2D eigenvalue weighted by molar-refractivity contribution is 6.06. The number of nitrogens with zero attached hydrogens (tertiary/aromatic N) is 2. The lowest BCUT2D eigenvalue weighted by atomic mass is 9.81. The first-order valence-electron chi connectivity index (χ1n) is 9.31. The van der Waals surface area contributed by atoms with Crippen LogP contribution in [0.5, 0.6) is 0 Å². The largest absolute Gasteiger partial charge is 0.373 e. The molecule has 3 aliphatic heterocycles. The molecule has 8 heteroatoms. The summed E-state index contributed by atoms with van der Waals surface area (Å²) in [6.07, 6.45) is 2.42. The summed E-state index contributed by atoms with van der Waals surface area (Å²) in [5.41, 5.74) is 6.01. The first kappa shape index (κ1) is 21.1. The number of ether oxygens (including phenoxy) is 1. The van der Waals surface area contributed by atoms with E-state index in [-0.39, 0.29) is 73.2 Å². The Morgan fingerprint density at radius 1 is 1.23 bits per heavy atom. The van der Waals surface area contributed by atoms with Crippen LogP contribution in [0.15, 0.2) is 0 Å². The van der Waals surface area contributed by atoms with Gasteiger partial charge in [0.15, 0.2) is 0 Å². The standard InChI is InChI=1S/C18H29N3O4.ClH/c1-10(2)11(19)6-8-20(3)14(22)7-9-21-17(23)15-12-4-5-13(25-12)16(15)18(21)24;/h10-13,15-16H,4-9,19H2,1-3H3;1H. The van der Waals surface area contributed by atoms with Crippen molar-refractivity contribution in [2.45, 2.75) is 57.8 Å². The van der Waals surface area contributed by atoms with E-state index in [0.29, 0.717) is 12.5 Å². The number of fused-ring (bicyclic) bond motifs is 5. The van der Waals surface area contributed by atoms with E-state index in [1.54, 1.807) is 11.9 Å². The van der Waals surface area contributed by atoms with Crippen molar-refractivity contribution >= 4 is 30.1 Å². The molecule has 3 saturated heterocycles. The topological polar surface area (TPSA) is 92.9 Å². The SMILES string of the molecule is CC(C)C(N)CCN(C)C(=O)CCN1C(=O)C2C3CCC(O3)C2C1=O.Cl. The van der Waals surface area contributed by atoms with Crippen molar-refractivity contribution in [1.29, 1.82) is 0 Å². The first-order valence-corrected chi connectivity index (χ1v) is 9.31. The van der Waals surface area contributed by atoms with E-state index >= 15 is 0 Å². The fourth-order valence-corrected chi connectivity index (χ4v) is 4.19. The summed E-state index contributed by atoms with van der Waals surface area (Å²) in [4.78, 5) is 40.3. The van der Waals surface area contributed by atoms with Crippen LogP contribution < -0.4 is 5.73 Å². The van der Waals surface area contributed by atoms with Gasteiger partial charge in [0.2, 0.25) is 17.7 Å². The summed E-state index contributed by atoms with van der Waals surface area (Å²) in [6, 6.07) is 0.0619. The number of rotatable bonds is 7. The van der Waals surface area contributed by atoms with Gasteiger partial charge in [-0.1, -0.05) is 13.8 Å². The van der Waals surface area contributed by atoms with Crippen LogP contribution in [0.3, 0.4) is 0 Å². The van der Waals surface area contributed by atoms with E-state index in [9.17, 15) is 14.4 Å². The minimum absolute atomic E-state index is 0. The Kier molecular flexibility index (Phi) is 6.69. The molecule has 26 heavy (non-hydrogen) atoms. The van der Waals surface area contributed by atoms with Gasteiger partial charge in [-0.3, -0.25) is 19.3 Å². The third-order valence-electron chi connectivity index (χ3n) is 6.00. The molecule has 2 N–H and O–H groups in total. The van der Waals surface area contributed by atoms with Crippen molar-refractivity contribution in [2.75, 3.05) is 20.1 Å². The maximum absolute atomic E-state index is 12.5. The molecule has 2 bridgehead atoms. The minimum atomic E-state index is -0.317. The van der Waals surface area contributed by atoms with Gasteiger partial charge in [0.1, 0.15) is 0 Å². The molecule has 3 heterocycles. The first-order chi connectivity index (χ1) is 11.8. The molecule has 3 amide bonds. The number of amides is 3. The zero-order chi connectivity index (χ0) is 18.3. The molecule has 148 valence electrons. The monoisotopic (exact) mass is 387 g/mol. The minimum Gasteiger partial charge on any atom is -0.373 e. The van der Waals surface area contributed by atoms with Gasteiger partial charge in [0, 0.05) is 32.6 Å². The quantitative estimate of drug-likeness (QED) is 0.652. The van der Waals surface area contributed by atoms with Crippen LogP contribution in [0.1, 0.15) is 39.5 Å². The van der Waals surface area contributed by atoms with E-state index in [2.05, 4.69) is 13.8 Å². The molecule has 0 radical (unpaired) electrons. The molecule has 5 atom stereocenters. The molecule has 0 spiro atoms. The average Bonchev–Trinajstić information content (AvgIpc) is 3.25. The summed E-state index contributed by atoms with van der Waals surface area (Å²) in [6.45, 7) is 4.88. The number of hydrogen-bond donors (Lipinski definition) is 1. The maximum Gasteiger partial charge on any atom is 0.235 e. The number of imide groups is 1. The van der Waals surface area contributed by atoms with E-state index in [1.165, 1.54) is 4.90 Å². The van der Waals surface area contributed by atoms with Crippen LogP contribution in [0.2, 0.25) is 0 Å². The molecule has 7 nitrogen and oxygen atoms in total. The molecule has 0 aromatic carbocycles. The Balaban J connectivity index is 0.00000243. The Bertz CT molecular complexity index is 543. The zero-order valence-corrected chi connectivity index (χ0v) is 16.5. The smallest absolute Gasteiger partial charge is 0.235 e. The van der Waals surface area contributed by atoms with Crippen LogP contribution in [0.4, 0.5) is 0 Å².